The van der Waals surface area contributed by atoms with Crippen LogP contribution in [0, 0.1) is 0 Å². The van der Waals surface area contributed by atoms with Gasteiger partial charge >= 0.3 is 120 Å². The van der Waals surface area contributed by atoms with Crippen molar-refractivity contribution in [2.45, 2.75) is 63.3 Å². The number of nitrogens with zero attached hydrogens (tertiary/aromatic N) is 2. The molecule has 0 atom stereocenters. The summed E-state index contributed by atoms with van der Waals surface area (Å²) in [7, 11) is 4.23. The Hall–Kier alpha value is -0.154. The van der Waals surface area contributed by atoms with Crippen molar-refractivity contribution in [2.75, 3.05) is 14.1 Å². The fourth-order valence-corrected chi connectivity index (χ4v) is 8.95. The topological polar surface area (TPSA) is 15.6 Å². The fourth-order valence-electron chi connectivity index (χ4n) is 2.40. The first-order valence-corrected chi connectivity index (χ1v) is 12.0. The number of hydrogen-bond acceptors (Lipinski definition) is 2. The molecular formula is C15H31GaN2. The number of hydrogen-bond donors (Lipinski definition) is 0. The molecule has 0 aliphatic rings. The Morgan fingerprint density at radius 2 is 1.61 bits per heavy atom. The van der Waals surface area contributed by atoms with Gasteiger partial charge in [-0.05, 0) is 0 Å². The van der Waals surface area contributed by atoms with Gasteiger partial charge in [0.05, 0.1) is 0 Å². The van der Waals surface area contributed by atoms with Gasteiger partial charge < -0.3 is 0 Å². The van der Waals surface area contributed by atoms with Crippen LogP contribution in [0.5, 0.6) is 0 Å². The van der Waals surface area contributed by atoms with Crippen molar-refractivity contribution in [3.05, 3.63) is 11.8 Å². The van der Waals surface area contributed by atoms with Gasteiger partial charge in [0.2, 0.25) is 0 Å². The van der Waals surface area contributed by atoms with Gasteiger partial charge in [0.25, 0.3) is 0 Å². The quantitative estimate of drug-likeness (QED) is 0.452. The standard InChI is InChI=1S/C9H17N2.2C3H7.Ga/c1-5-8(10-3)7-9(6-2)11-4;2*1-3-2;/h7H,5-6H2,1-4H3;2*1,3H2,2H3;/q-1;;;+1/b8-7-,11-9?;;;. The number of rotatable bonds is 9. The minimum absolute atomic E-state index is 1.03. The molecule has 104 valence electrons. The third kappa shape index (κ3) is 6.14. The molecule has 0 radical (unpaired) electrons. The van der Waals surface area contributed by atoms with Crippen LogP contribution in [0.3, 0.4) is 0 Å². The minimum atomic E-state index is -1.28. The Balaban J connectivity index is 4.90. The molecule has 0 aliphatic heterocycles. The Kier molecular flexibility index (Phi) is 10.6. The third-order valence-electron chi connectivity index (χ3n) is 3.59. The predicted molar refractivity (Wildman–Crippen MR) is 85.7 cm³/mol. The van der Waals surface area contributed by atoms with Crippen molar-refractivity contribution in [3.8, 4) is 0 Å². The van der Waals surface area contributed by atoms with Gasteiger partial charge in [-0.2, -0.15) is 0 Å². The van der Waals surface area contributed by atoms with E-state index in [1.54, 1.807) is 0 Å². The van der Waals surface area contributed by atoms with Gasteiger partial charge in [-0.3, -0.25) is 0 Å². The molecule has 0 aliphatic carbocycles. The number of allylic oxidation sites excluding steroid dienone is 2. The van der Waals surface area contributed by atoms with Crippen LogP contribution in [0.25, 0.3) is 0 Å². The van der Waals surface area contributed by atoms with Gasteiger partial charge in [-0.1, -0.05) is 0 Å². The van der Waals surface area contributed by atoms with Crippen molar-refractivity contribution in [1.82, 2.24) is 3.61 Å². The second-order valence-electron chi connectivity index (χ2n) is 4.90. The Bertz CT molecular complexity index is 266. The van der Waals surface area contributed by atoms with Crippen LogP contribution >= 0.6 is 0 Å². The molecular weight excluding hydrogens is 278 g/mol. The molecule has 0 saturated heterocycles. The van der Waals surface area contributed by atoms with E-state index in [1.807, 2.05) is 7.05 Å². The monoisotopic (exact) mass is 308 g/mol. The van der Waals surface area contributed by atoms with Gasteiger partial charge in [0.1, 0.15) is 0 Å². The van der Waals surface area contributed by atoms with Crippen molar-refractivity contribution in [2.24, 2.45) is 4.99 Å². The fraction of sp³-hybridized carbons (Fsp3) is 0.800. The Labute approximate surface area is 120 Å². The first kappa shape index (κ1) is 17.8. The third-order valence-corrected chi connectivity index (χ3v) is 11.8. The van der Waals surface area contributed by atoms with E-state index in [9.17, 15) is 0 Å². The summed E-state index contributed by atoms with van der Waals surface area (Å²) >= 11 is -1.28. The molecule has 18 heavy (non-hydrogen) atoms. The zero-order chi connectivity index (χ0) is 14.0. The van der Waals surface area contributed by atoms with Crippen LogP contribution in [0.4, 0.5) is 0 Å². The average Bonchev–Trinajstić information content (AvgIpc) is 2.39. The van der Waals surface area contributed by atoms with Gasteiger partial charge in [0.15, 0.2) is 0 Å². The Morgan fingerprint density at radius 1 is 1.06 bits per heavy atom. The molecule has 0 spiro atoms. The van der Waals surface area contributed by atoms with Crippen LogP contribution in [-0.4, -0.2) is 39.9 Å². The second kappa shape index (κ2) is 10.7. The maximum atomic E-state index is 4.36. The van der Waals surface area contributed by atoms with Crippen molar-refractivity contribution < 1.29 is 0 Å². The van der Waals surface area contributed by atoms with Crippen LogP contribution in [-0.2, 0) is 0 Å². The molecule has 0 heterocycles. The molecule has 2 nitrogen and oxygen atoms in total. The molecule has 0 amide bonds. The first-order chi connectivity index (χ1) is 8.64. The predicted octanol–water partition coefficient (Wildman–Crippen LogP) is 4.50. The molecule has 0 rings (SSSR count). The van der Waals surface area contributed by atoms with Crippen LogP contribution < -0.4 is 0 Å². The van der Waals surface area contributed by atoms with Gasteiger partial charge in [-0.25, -0.2) is 0 Å². The van der Waals surface area contributed by atoms with Crippen molar-refractivity contribution >= 4 is 22.2 Å². The zero-order valence-electron chi connectivity index (χ0n) is 13.3. The average molecular weight is 309 g/mol. The van der Waals surface area contributed by atoms with Crippen LogP contribution in [0.15, 0.2) is 16.8 Å². The molecule has 0 aromatic carbocycles. The summed E-state index contributed by atoms with van der Waals surface area (Å²) in [5, 5.41) is 0. The molecule has 0 fully saturated rings. The van der Waals surface area contributed by atoms with E-state index in [1.165, 1.54) is 34.2 Å². The first-order valence-electron chi connectivity index (χ1n) is 7.53. The Morgan fingerprint density at radius 3 is 1.94 bits per heavy atom. The molecule has 3 heteroatoms. The van der Waals surface area contributed by atoms with Crippen LogP contribution in [0.2, 0.25) is 9.95 Å². The number of aliphatic imine (C=N–C) groups is 1. The summed E-state index contributed by atoms with van der Waals surface area (Å²) in [6.45, 7) is 9.09. The normalized spacial score (nSPS) is 12.8. The molecule has 0 aromatic rings. The molecule has 0 N–H and O–H groups in total. The summed E-state index contributed by atoms with van der Waals surface area (Å²) < 4.78 is 2.67. The van der Waals surface area contributed by atoms with E-state index in [0.29, 0.717) is 0 Å². The van der Waals surface area contributed by atoms with E-state index in [2.05, 4.69) is 49.4 Å². The summed E-state index contributed by atoms with van der Waals surface area (Å²) in [5.74, 6) is 0. The van der Waals surface area contributed by atoms with E-state index in [4.69, 9.17) is 0 Å². The SMILES string of the molecule is CC[CH2][Ga]([CH2]CC)[N](C)/C(=C\C(CC)=NC)CC. The van der Waals surface area contributed by atoms with Crippen molar-refractivity contribution in [3.63, 3.8) is 0 Å². The molecule has 0 saturated carbocycles. The van der Waals surface area contributed by atoms with E-state index < -0.39 is 16.5 Å². The zero-order valence-corrected chi connectivity index (χ0v) is 15.7. The molecule has 0 unspecified atom stereocenters. The maximum absolute atomic E-state index is 4.36. The van der Waals surface area contributed by atoms with Gasteiger partial charge in [0, 0.05) is 0 Å². The van der Waals surface area contributed by atoms with E-state index in [-0.39, 0.29) is 0 Å². The molecule has 0 bridgehead atoms. The second-order valence-corrected chi connectivity index (χ2v) is 11.7. The molecule has 0 aromatic heterocycles. The summed E-state index contributed by atoms with van der Waals surface area (Å²) in [4.78, 5) is 7.31. The van der Waals surface area contributed by atoms with Crippen molar-refractivity contribution in [1.29, 1.82) is 0 Å². The van der Waals surface area contributed by atoms with E-state index >= 15 is 0 Å². The summed E-state index contributed by atoms with van der Waals surface area (Å²) in [5.41, 5.74) is 2.73. The van der Waals surface area contributed by atoms with Gasteiger partial charge in [-0.15, -0.1) is 0 Å². The van der Waals surface area contributed by atoms with E-state index in [0.717, 1.165) is 12.8 Å². The summed E-state index contributed by atoms with van der Waals surface area (Å²) in [6, 6.07) is 0. The summed E-state index contributed by atoms with van der Waals surface area (Å²) in [6.07, 6.45) is 7.17. The van der Waals surface area contributed by atoms with Crippen LogP contribution in [0.1, 0.15) is 53.4 Å².